The van der Waals surface area contributed by atoms with Crippen molar-refractivity contribution in [1.82, 2.24) is 35.3 Å². The predicted octanol–water partition coefficient (Wildman–Crippen LogP) is 4.21. The number of fused-ring (bicyclic) bond motifs is 2. The number of rotatable bonds is 8. The standard InChI is InChI=1S/C34H42N8O3S/c1-3-30(43)36-22(2)23-6-4-7-24(18-23)34(44)42-12-10-40(11-13-42)21-25-19-29-31(46-25)33(41-14-16-45-17-15-41)38-32(37-29)26-8-5-9-28-27(26)20-35-39-28/h3,5,8-9,19-20,22-24H,1,4,6-7,10-18,21H2,2H3,(H,35,39)(H,36,43). The summed E-state index contributed by atoms with van der Waals surface area (Å²) in [5, 5.41) is 11.3. The molecule has 3 unspecified atom stereocenters. The SMILES string of the molecule is C=CC(=O)NC(C)C1CCCC(C(=O)N2CCN(Cc3cc4nc(-c5cccc6[nH]ncc56)nc(N5CCOCC5)c4s3)CC2)C1. The maximum absolute atomic E-state index is 13.6. The largest absolute Gasteiger partial charge is 0.378 e. The minimum Gasteiger partial charge on any atom is -0.378 e. The molecule has 1 aliphatic carbocycles. The zero-order valence-electron chi connectivity index (χ0n) is 26.4. The van der Waals surface area contributed by atoms with Gasteiger partial charge in [-0.05, 0) is 50.3 Å². The lowest BCUT2D eigenvalue weighted by Crippen LogP contribution is -2.51. The van der Waals surface area contributed by atoms with Gasteiger partial charge < -0.3 is 19.9 Å². The van der Waals surface area contributed by atoms with Crippen molar-refractivity contribution in [2.45, 2.75) is 45.2 Å². The number of thiophene rings is 1. The Bertz CT molecular complexity index is 1720. The fourth-order valence-electron chi connectivity index (χ4n) is 7.23. The number of aromatic amines is 1. The van der Waals surface area contributed by atoms with Crippen LogP contribution < -0.4 is 10.2 Å². The van der Waals surface area contributed by atoms with Crippen LogP contribution in [-0.2, 0) is 20.9 Å². The van der Waals surface area contributed by atoms with Crippen LogP contribution in [0.3, 0.4) is 0 Å². The summed E-state index contributed by atoms with van der Waals surface area (Å²) in [4.78, 5) is 43.7. The van der Waals surface area contributed by atoms with Gasteiger partial charge in [-0.3, -0.25) is 19.6 Å². The van der Waals surface area contributed by atoms with Gasteiger partial charge in [0.1, 0.15) is 0 Å². The Labute approximate surface area is 273 Å². The number of carbonyl (C=O) groups is 2. The molecule has 2 N–H and O–H groups in total. The second-order valence-corrected chi connectivity index (χ2v) is 13.9. The molecule has 3 atom stereocenters. The fourth-order valence-corrected chi connectivity index (χ4v) is 8.38. The summed E-state index contributed by atoms with van der Waals surface area (Å²) in [6.07, 6.45) is 7.00. The Morgan fingerprint density at radius 1 is 1.15 bits per heavy atom. The molecule has 3 aromatic heterocycles. The first-order chi connectivity index (χ1) is 22.5. The van der Waals surface area contributed by atoms with Crippen LogP contribution in [0.15, 0.2) is 43.1 Å². The zero-order valence-corrected chi connectivity index (χ0v) is 27.2. The molecule has 1 aromatic carbocycles. The number of piperazine rings is 1. The highest BCUT2D eigenvalue weighted by molar-refractivity contribution is 7.19. The Kier molecular flexibility index (Phi) is 9.01. The van der Waals surface area contributed by atoms with Crippen molar-refractivity contribution >= 4 is 50.1 Å². The highest BCUT2D eigenvalue weighted by atomic mass is 32.1. The Balaban J connectivity index is 1.04. The van der Waals surface area contributed by atoms with Crippen LogP contribution in [0.1, 0.15) is 37.5 Å². The maximum Gasteiger partial charge on any atom is 0.243 e. The lowest BCUT2D eigenvalue weighted by Gasteiger charge is -2.39. The minimum absolute atomic E-state index is 0.0373. The summed E-state index contributed by atoms with van der Waals surface area (Å²) in [6.45, 7) is 12.6. The molecule has 12 heteroatoms. The normalized spacial score (nSPS) is 21.8. The van der Waals surface area contributed by atoms with Crippen molar-refractivity contribution in [2.75, 3.05) is 57.4 Å². The van der Waals surface area contributed by atoms with Crippen molar-refractivity contribution in [3.8, 4) is 11.4 Å². The van der Waals surface area contributed by atoms with E-state index in [9.17, 15) is 9.59 Å². The zero-order chi connectivity index (χ0) is 31.6. The van der Waals surface area contributed by atoms with Crippen molar-refractivity contribution < 1.29 is 14.3 Å². The van der Waals surface area contributed by atoms with E-state index in [1.54, 1.807) is 11.3 Å². The Morgan fingerprint density at radius 3 is 2.78 bits per heavy atom. The predicted molar refractivity (Wildman–Crippen MR) is 181 cm³/mol. The van der Waals surface area contributed by atoms with Gasteiger partial charge in [0.25, 0.3) is 0 Å². The molecule has 3 fully saturated rings. The van der Waals surface area contributed by atoms with Gasteiger partial charge in [-0.15, -0.1) is 11.3 Å². The number of aromatic nitrogens is 4. The second kappa shape index (κ2) is 13.5. The molecule has 1 saturated carbocycles. The van der Waals surface area contributed by atoms with Gasteiger partial charge in [0.05, 0.1) is 35.1 Å². The Morgan fingerprint density at radius 2 is 1.98 bits per heavy atom. The van der Waals surface area contributed by atoms with Gasteiger partial charge in [-0.1, -0.05) is 25.1 Å². The number of anilines is 1. The van der Waals surface area contributed by atoms with Crippen LogP contribution in [0.2, 0.25) is 0 Å². The molecule has 5 heterocycles. The number of H-pyrrole nitrogens is 1. The Hall–Kier alpha value is -3.87. The van der Waals surface area contributed by atoms with Crippen LogP contribution >= 0.6 is 11.3 Å². The van der Waals surface area contributed by atoms with Gasteiger partial charge >= 0.3 is 0 Å². The topological polar surface area (TPSA) is 120 Å². The average molecular weight is 643 g/mol. The third kappa shape index (κ3) is 6.38. The van der Waals surface area contributed by atoms with Crippen LogP contribution in [0, 0.1) is 11.8 Å². The van der Waals surface area contributed by atoms with Gasteiger partial charge in [0.2, 0.25) is 11.8 Å². The first-order valence-corrected chi connectivity index (χ1v) is 17.3. The quantitative estimate of drug-likeness (QED) is 0.275. The van der Waals surface area contributed by atoms with Gasteiger partial charge in [0.15, 0.2) is 11.6 Å². The summed E-state index contributed by atoms with van der Waals surface area (Å²) in [7, 11) is 0. The van der Waals surface area contributed by atoms with E-state index in [0.717, 1.165) is 104 Å². The van der Waals surface area contributed by atoms with Crippen molar-refractivity contribution in [2.24, 2.45) is 11.8 Å². The van der Waals surface area contributed by atoms with Gasteiger partial charge in [-0.2, -0.15) is 5.10 Å². The van der Waals surface area contributed by atoms with Crippen LogP contribution in [0.25, 0.3) is 32.5 Å². The number of nitrogens with one attached hydrogen (secondary N) is 2. The van der Waals surface area contributed by atoms with E-state index in [0.29, 0.717) is 25.0 Å². The number of amides is 2. The first kappa shape index (κ1) is 30.8. The lowest BCUT2D eigenvalue weighted by molar-refractivity contribution is -0.139. The number of hydrogen-bond donors (Lipinski definition) is 2. The highest BCUT2D eigenvalue weighted by Crippen LogP contribution is 2.37. The molecule has 2 saturated heterocycles. The van der Waals surface area contributed by atoms with Crippen LogP contribution in [0.5, 0.6) is 0 Å². The molecule has 46 heavy (non-hydrogen) atoms. The summed E-state index contributed by atoms with van der Waals surface area (Å²) in [5.41, 5.74) is 2.90. The van der Waals surface area contributed by atoms with Gasteiger partial charge in [0, 0.05) is 73.6 Å². The molecule has 4 aromatic rings. The van der Waals surface area contributed by atoms with E-state index >= 15 is 0 Å². The molecule has 0 bridgehead atoms. The van der Waals surface area contributed by atoms with Crippen molar-refractivity contribution in [3.05, 3.63) is 48.0 Å². The molecule has 7 rings (SSSR count). The third-order valence-electron chi connectivity index (χ3n) is 9.83. The van der Waals surface area contributed by atoms with E-state index in [4.69, 9.17) is 14.7 Å². The number of carbonyl (C=O) groups excluding carboxylic acids is 2. The molecule has 11 nitrogen and oxygen atoms in total. The van der Waals surface area contributed by atoms with E-state index in [1.807, 2.05) is 25.3 Å². The second-order valence-electron chi connectivity index (χ2n) is 12.8. The lowest BCUT2D eigenvalue weighted by atomic mass is 9.77. The molecule has 0 radical (unpaired) electrons. The number of benzene rings is 1. The number of morpholine rings is 1. The van der Waals surface area contributed by atoms with E-state index in [1.165, 1.54) is 11.0 Å². The molecule has 2 aliphatic heterocycles. The highest BCUT2D eigenvalue weighted by Gasteiger charge is 2.34. The van der Waals surface area contributed by atoms with Crippen LogP contribution in [0.4, 0.5) is 5.82 Å². The molecule has 242 valence electrons. The van der Waals surface area contributed by atoms with Crippen molar-refractivity contribution in [3.63, 3.8) is 0 Å². The van der Waals surface area contributed by atoms with Crippen molar-refractivity contribution in [1.29, 1.82) is 0 Å². The number of hydrogen-bond acceptors (Lipinski definition) is 9. The van der Waals surface area contributed by atoms with Crippen LogP contribution in [-0.4, -0.2) is 100 Å². The number of nitrogens with zero attached hydrogens (tertiary/aromatic N) is 6. The van der Waals surface area contributed by atoms with E-state index in [2.05, 4.69) is 48.9 Å². The molecular formula is C34H42N8O3S. The van der Waals surface area contributed by atoms with E-state index < -0.39 is 0 Å². The smallest absolute Gasteiger partial charge is 0.243 e. The fraction of sp³-hybridized carbons (Fsp3) is 0.500. The molecule has 2 amide bonds. The third-order valence-corrected chi connectivity index (χ3v) is 10.9. The summed E-state index contributed by atoms with van der Waals surface area (Å²) in [6, 6.07) is 8.35. The summed E-state index contributed by atoms with van der Waals surface area (Å²) in [5.74, 6) is 2.17. The first-order valence-electron chi connectivity index (χ1n) is 16.5. The summed E-state index contributed by atoms with van der Waals surface area (Å²) < 4.78 is 6.76. The maximum atomic E-state index is 13.6. The van der Waals surface area contributed by atoms with E-state index in [-0.39, 0.29) is 23.8 Å². The molecule has 0 spiro atoms. The monoisotopic (exact) mass is 642 g/mol. The summed E-state index contributed by atoms with van der Waals surface area (Å²) >= 11 is 1.77. The minimum atomic E-state index is -0.146. The average Bonchev–Trinajstić information content (AvgIpc) is 3.75. The van der Waals surface area contributed by atoms with Gasteiger partial charge in [-0.25, -0.2) is 9.97 Å². The number of ether oxygens (including phenoxy) is 1. The molecule has 3 aliphatic rings. The molecular weight excluding hydrogens is 600 g/mol.